The molecule has 1 aliphatic heterocycles. The predicted octanol–water partition coefficient (Wildman–Crippen LogP) is 7.65. The standard InChI is InChI=1S/C28H28F3N5S2/c1-3-36-13-10-17(11-14-36)28-34-26(27(37-28)18-9-12-33-24(15-18)32-2)20-5-4-6-22(25(20)31)35-38-23-16-19(29)7-8-21(23)30/h4-9,12,15-17,35H,3,10-11,13-14H2,1-2H3,(H,32,33). The molecule has 0 radical (unpaired) electrons. The fourth-order valence-electron chi connectivity index (χ4n) is 4.55. The lowest BCUT2D eigenvalue weighted by Crippen LogP contribution is -2.32. The molecule has 3 heterocycles. The first-order valence-corrected chi connectivity index (χ1v) is 14.1. The van der Waals surface area contributed by atoms with Crippen molar-refractivity contribution in [2.75, 3.05) is 36.7 Å². The predicted molar refractivity (Wildman–Crippen MR) is 150 cm³/mol. The van der Waals surface area contributed by atoms with E-state index in [0.29, 0.717) is 23.0 Å². The van der Waals surface area contributed by atoms with Crippen LogP contribution in [0.3, 0.4) is 0 Å². The van der Waals surface area contributed by atoms with Gasteiger partial charge in [-0.05, 0) is 92.5 Å². The lowest BCUT2D eigenvalue weighted by Gasteiger charge is -2.29. The second kappa shape index (κ2) is 11.8. The van der Waals surface area contributed by atoms with E-state index in [1.165, 1.54) is 0 Å². The SMILES string of the molecule is CCN1CCC(c2nc(-c3cccc(NSc4cc(F)ccc4F)c3F)c(-c3ccnc(NC)c3)s2)CC1. The van der Waals surface area contributed by atoms with Gasteiger partial charge < -0.3 is 14.9 Å². The summed E-state index contributed by atoms with van der Waals surface area (Å²) < 4.78 is 46.5. The maximum atomic E-state index is 15.9. The molecular formula is C28H28F3N5S2. The number of nitrogens with zero attached hydrogens (tertiary/aromatic N) is 3. The Labute approximate surface area is 228 Å². The third kappa shape index (κ3) is 5.67. The first-order chi connectivity index (χ1) is 18.5. The summed E-state index contributed by atoms with van der Waals surface area (Å²) in [4.78, 5) is 12.7. The quantitative estimate of drug-likeness (QED) is 0.218. The fraction of sp³-hybridized carbons (Fsp3) is 0.286. The van der Waals surface area contributed by atoms with Crippen LogP contribution in [0.2, 0.25) is 0 Å². The number of nitrogens with one attached hydrogen (secondary N) is 2. The van der Waals surface area contributed by atoms with Gasteiger partial charge in [-0.25, -0.2) is 23.1 Å². The van der Waals surface area contributed by atoms with E-state index in [2.05, 4.69) is 26.8 Å². The molecule has 0 spiro atoms. The average molecular weight is 556 g/mol. The van der Waals surface area contributed by atoms with Crippen LogP contribution >= 0.6 is 23.3 Å². The van der Waals surface area contributed by atoms with E-state index in [-0.39, 0.29) is 10.6 Å². The van der Waals surface area contributed by atoms with Gasteiger partial charge in [0.05, 0.1) is 26.2 Å². The van der Waals surface area contributed by atoms with Crippen molar-refractivity contribution in [3.63, 3.8) is 0 Å². The van der Waals surface area contributed by atoms with E-state index in [4.69, 9.17) is 4.98 Å². The first-order valence-electron chi connectivity index (χ1n) is 12.5. The molecular weight excluding hydrogens is 527 g/mol. The number of hydrogen-bond acceptors (Lipinski definition) is 7. The van der Waals surface area contributed by atoms with Gasteiger partial charge in [0.2, 0.25) is 0 Å². The number of rotatable bonds is 8. The minimum atomic E-state index is -0.584. The summed E-state index contributed by atoms with van der Waals surface area (Å²) in [7, 11) is 1.81. The molecule has 2 aromatic carbocycles. The second-order valence-corrected chi connectivity index (χ2v) is 10.9. The van der Waals surface area contributed by atoms with Crippen LogP contribution in [0.5, 0.6) is 0 Å². The summed E-state index contributed by atoms with van der Waals surface area (Å²) in [5.41, 5.74) is 1.99. The highest BCUT2D eigenvalue weighted by Gasteiger charge is 2.26. The molecule has 0 amide bonds. The van der Waals surface area contributed by atoms with Crippen LogP contribution in [-0.4, -0.2) is 41.5 Å². The average Bonchev–Trinajstić information content (AvgIpc) is 3.39. The van der Waals surface area contributed by atoms with Crippen LogP contribution in [-0.2, 0) is 0 Å². The molecule has 0 bridgehead atoms. The molecule has 5 nitrogen and oxygen atoms in total. The van der Waals surface area contributed by atoms with Gasteiger partial charge in [-0.2, -0.15) is 0 Å². The Balaban J connectivity index is 1.51. The molecule has 2 aromatic heterocycles. The Morgan fingerprint density at radius 1 is 1.08 bits per heavy atom. The van der Waals surface area contributed by atoms with Crippen LogP contribution in [0.4, 0.5) is 24.7 Å². The van der Waals surface area contributed by atoms with Gasteiger partial charge in [-0.1, -0.05) is 13.0 Å². The number of hydrogen-bond donors (Lipinski definition) is 2. The summed E-state index contributed by atoms with van der Waals surface area (Å²) in [6, 6.07) is 12.0. The molecule has 0 aliphatic carbocycles. The maximum absolute atomic E-state index is 15.9. The number of benzene rings is 2. The fourth-order valence-corrected chi connectivity index (χ4v) is 6.51. The first kappa shape index (κ1) is 26.5. The second-order valence-electron chi connectivity index (χ2n) is 9.06. The van der Waals surface area contributed by atoms with E-state index >= 15 is 4.39 Å². The van der Waals surface area contributed by atoms with Crippen molar-refractivity contribution >= 4 is 34.8 Å². The third-order valence-electron chi connectivity index (χ3n) is 6.72. The van der Waals surface area contributed by atoms with Gasteiger partial charge in [0.1, 0.15) is 17.5 Å². The van der Waals surface area contributed by atoms with E-state index in [1.807, 2.05) is 12.1 Å². The number of anilines is 2. The van der Waals surface area contributed by atoms with Gasteiger partial charge in [0.15, 0.2) is 5.82 Å². The van der Waals surface area contributed by atoms with Crippen LogP contribution in [0.25, 0.3) is 21.7 Å². The monoisotopic (exact) mass is 555 g/mol. The van der Waals surface area contributed by atoms with Gasteiger partial charge >= 0.3 is 0 Å². The maximum Gasteiger partial charge on any atom is 0.156 e. The molecule has 38 heavy (non-hydrogen) atoms. The Hall–Kier alpha value is -3.08. The zero-order chi connectivity index (χ0) is 26.6. The van der Waals surface area contributed by atoms with Crippen LogP contribution < -0.4 is 10.0 Å². The van der Waals surface area contributed by atoms with E-state index in [1.54, 1.807) is 42.8 Å². The molecule has 5 rings (SSSR count). The highest BCUT2D eigenvalue weighted by Crippen LogP contribution is 2.43. The molecule has 0 unspecified atom stereocenters. The molecule has 1 saturated heterocycles. The summed E-state index contributed by atoms with van der Waals surface area (Å²) in [6.45, 7) is 5.25. The zero-order valence-electron chi connectivity index (χ0n) is 21.1. The molecule has 2 N–H and O–H groups in total. The van der Waals surface area contributed by atoms with Crippen molar-refractivity contribution in [2.24, 2.45) is 0 Å². The lowest BCUT2D eigenvalue weighted by molar-refractivity contribution is 0.222. The molecule has 4 aromatic rings. The highest BCUT2D eigenvalue weighted by molar-refractivity contribution is 8.00. The lowest BCUT2D eigenvalue weighted by atomic mass is 9.97. The van der Waals surface area contributed by atoms with E-state index < -0.39 is 17.5 Å². The number of pyridine rings is 1. The number of piperidine rings is 1. The Morgan fingerprint density at radius 3 is 2.66 bits per heavy atom. The third-order valence-corrected chi connectivity index (χ3v) is 8.85. The molecule has 198 valence electrons. The van der Waals surface area contributed by atoms with Crippen LogP contribution in [0, 0.1) is 17.5 Å². The topological polar surface area (TPSA) is 53.1 Å². The number of aromatic nitrogens is 2. The smallest absolute Gasteiger partial charge is 0.156 e. The van der Waals surface area contributed by atoms with Crippen molar-refractivity contribution < 1.29 is 13.2 Å². The van der Waals surface area contributed by atoms with Crippen molar-refractivity contribution in [3.05, 3.63) is 77.2 Å². The van der Waals surface area contributed by atoms with Crippen LogP contribution in [0.15, 0.2) is 59.6 Å². The minimum absolute atomic E-state index is 0.0428. The number of halogens is 3. The van der Waals surface area contributed by atoms with Gasteiger partial charge in [-0.15, -0.1) is 11.3 Å². The van der Waals surface area contributed by atoms with Crippen molar-refractivity contribution in [2.45, 2.75) is 30.6 Å². The minimum Gasteiger partial charge on any atom is -0.373 e. The van der Waals surface area contributed by atoms with Gasteiger partial charge in [-0.3, -0.25) is 0 Å². The molecule has 10 heteroatoms. The Morgan fingerprint density at radius 2 is 1.89 bits per heavy atom. The van der Waals surface area contributed by atoms with Gasteiger partial charge in [0.25, 0.3) is 0 Å². The molecule has 1 fully saturated rings. The summed E-state index contributed by atoms with van der Waals surface area (Å²) in [6.07, 6.45) is 3.75. The van der Waals surface area contributed by atoms with E-state index in [0.717, 1.165) is 78.1 Å². The van der Waals surface area contributed by atoms with Crippen LogP contribution in [0.1, 0.15) is 30.7 Å². The largest absolute Gasteiger partial charge is 0.373 e. The van der Waals surface area contributed by atoms with Crippen molar-refractivity contribution in [1.29, 1.82) is 0 Å². The van der Waals surface area contributed by atoms with E-state index in [9.17, 15) is 8.78 Å². The zero-order valence-corrected chi connectivity index (χ0v) is 22.7. The normalized spacial score (nSPS) is 14.6. The Bertz CT molecular complexity index is 1420. The molecule has 0 saturated carbocycles. The van der Waals surface area contributed by atoms with Crippen molar-refractivity contribution in [1.82, 2.24) is 14.9 Å². The Kier molecular flexibility index (Phi) is 8.21. The molecule has 1 aliphatic rings. The number of likely N-dealkylation sites (tertiary alicyclic amines) is 1. The summed E-state index contributed by atoms with van der Waals surface area (Å²) in [5.74, 6) is -0.619. The van der Waals surface area contributed by atoms with Crippen molar-refractivity contribution in [3.8, 4) is 21.7 Å². The highest BCUT2D eigenvalue weighted by atomic mass is 32.2. The summed E-state index contributed by atoms with van der Waals surface area (Å²) in [5, 5.41) is 4.06. The molecule has 0 atom stereocenters. The van der Waals surface area contributed by atoms with Gasteiger partial charge in [0, 0.05) is 24.7 Å². The summed E-state index contributed by atoms with van der Waals surface area (Å²) >= 11 is 2.43. The number of thiazole rings is 1.